The van der Waals surface area contributed by atoms with E-state index in [2.05, 4.69) is 25.5 Å². The summed E-state index contributed by atoms with van der Waals surface area (Å²) in [5.41, 5.74) is 4.08. The predicted octanol–water partition coefficient (Wildman–Crippen LogP) is 1.92. The zero-order chi connectivity index (χ0) is 24.0. The lowest BCUT2D eigenvalue weighted by atomic mass is 9.78. The Morgan fingerprint density at radius 3 is 2.82 bits per heavy atom. The fourth-order valence-corrected chi connectivity index (χ4v) is 4.35. The van der Waals surface area contributed by atoms with Crippen LogP contribution in [0.25, 0.3) is 11.4 Å². The number of primary amides is 1. The number of hydrogen-bond acceptors (Lipinski definition) is 9. The summed E-state index contributed by atoms with van der Waals surface area (Å²) in [6, 6.07) is 5.48. The molecule has 1 aromatic carbocycles. The Hall–Kier alpha value is -3.44. The first kappa shape index (κ1) is 20.2. The molecule has 0 bridgehead atoms. The molecule has 3 N–H and O–H groups in total. The van der Waals surface area contributed by atoms with E-state index >= 15 is 0 Å². The average molecular weight is 472 g/mol. The smallest absolute Gasteiger partial charge is 0.271 e. The average Bonchev–Trinajstić information content (AvgIpc) is 3.15. The highest BCUT2D eigenvalue weighted by Gasteiger charge is 2.50. The second-order valence-electron chi connectivity index (χ2n) is 8.39. The topological polar surface area (TPSA) is 133 Å². The van der Waals surface area contributed by atoms with Gasteiger partial charge >= 0.3 is 0 Å². The Morgan fingerprint density at radius 2 is 2.15 bits per heavy atom. The molecule has 3 aromatic rings. The minimum absolute atomic E-state index is 0.0608. The number of ether oxygens (including phenoxy) is 2. The molecular formula is C21H23ClN8O3. The molecular weight excluding hydrogens is 448 g/mol. The van der Waals surface area contributed by atoms with Crippen molar-refractivity contribution >= 4 is 34.8 Å². The van der Waals surface area contributed by atoms with Crippen molar-refractivity contribution < 1.29 is 15.7 Å². The van der Waals surface area contributed by atoms with Crippen molar-refractivity contribution in [3.05, 3.63) is 34.6 Å². The first-order valence-corrected chi connectivity index (χ1v) is 10.7. The number of rotatable bonds is 6. The Labute approximate surface area is 196 Å². The molecule has 2 aliphatic rings. The van der Waals surface area contributed by atoms with E-state index in [-0.39, 0.29) is 16.3 Å². The van der Waals surface area contributed by atoms with E-state index in [1.54, 1.807) is 24.8 Å². The van der Waals surface area contributed by atoms with E-state index in [1.807, 2.05) is 24.9 Å². The zero-order valence-electron chi connectivity index (χ0n) is 19.3. The molecule has 2 fully saturated rings. The Kier molecular flexibility index (Phi) is 4.80. The van der Waals surface area contributed by atoms with Crippen molar-refractivity contribution in [2.75, 3.05) is 43.6 Å². The zero-order valence-corrected chi connectivity index (χ0v) is 19.1. The molecule has 33 heavy (non-hydrogen) atoms. The molecule has 0 unspecified atom stereocenters. The van der Waals surface area contributed by atoms with E-state index in [9.17, 15) is 4.79 Å². The molecule has 12 heteroatoms. The number of carbonyl (C=O) groups excluding carboxylic acids is 1. The van der Waals surface area contributed by atoms with Crippen LogP contribution in [0.1, 0.15) is 16.1 Å². The molecule has 0 saturated carbocycles. The molecule has 2 aromatic heterocycles. The van der Waals surface area contributed by atoms with Crippen LogP contribution in [0.15, 0.2) is 18.2 Å². The molecule has 1 spiro atoms. The minimum Gasteiger partial charge on any atom is -0.494 e. The molecule has 0 radical (unpaired) electrons. The van der Waals surface area contributed by atoms with Crippen molar-refractivity contribution in [3.8, 4) is 17.1 Å². The van der Waals surface area contributed by atoms with Crippen molar-refractivity contribution in [2.45, 2.75) is 6.92 Å². The van der Waals surface area contributed by atoms with Crippen molar-refractivity contribution in [1.82, 2.24) is 25.0 Å². The maximum absolute atomic E-state index is 12.2. The number of aryl methyl sites for hydroxylation is 1. The largest absolute Gasteiger partial charge is 0.494 e. The van der Waals surface area contributed by atoms with Gasteiger partial charge in [-0.15, -0.1) is 15.3 Å². The predicted molar refractivity (Wildman–Crippen MR) is 122 cm³/mol. The Morgan fingerprint density at radius 1 is 1.36 bits per heavy atom. The third-order valence-electron chi connectivity index (χ3n) is 5.99. The quantitative estimate of drug-likeness (QED) is 0.552. The van der Waals surface area contributed by atoms with Gasteiger partial charge in [0, 0.05) is 25.7 Å². The number of carbonyl (C=O) groups is 1. The first-order chi connectivity index (χ1) is 16.4. The van der Waals surface area contributed by atoms with Crippen LogP contribution in [0.5, 0.6) is 5.75 Å². The highest BCUT2D eigenvalue weighted by molar-refractivity contribution is 6.30. The number of amides is 1. The molecule has 0 atom stereocenters. The highest BCUT2D eigenvalue weighted by atomic mass is 35.5. The van der Waals surface area contributed by atoms with Gasteiger partial charge in [0.05, 0.1) is 42.7 Å². The SMILES string of the molecule is [2H]NC(=O)c1nnc(Cl)c(C)c1Nc1cccc(-c2nc(N3CC4(COC4)C3)n(C)n2)c1OC. The van der Waals surface area contributed by atoms with Gasteiger partial charge in [0.25, 0.3) is 5.91 Å². The third-order valence-corrected chi connectivity index (χ3v) is 6.34. The van der Waals surface area contributed by atoms with Crippen LogP contribution in [0, 0.1) is 12.3 Å². The molecule has 2 aliphatic heterocycles. The lowest BCUT2D eigenvalue weighted by Gasteiger charge is -2.55. The van der Waals surface area contributed by atoms with Crippen LogP contribution >= 0.6 is 11.6 Å². The molecule has 172 valence electrons. The summed E-state index contributed by atoms with van der Waals surface area (Å²) in [4.78, 5) is 19.1. The number of para-hydroxylation sites is 1. The Bertz CT molecular complexity index is 1270. The van der Waals surface area contributed by atoms with Gasteiger partial charge < -0.3 is 25.4 Å². The lowest BCUT2D eigenvalue weighted by molar-refractivity contribution is -0.127. The lowest BCUT2D eigenvalue weighted by Crippen LogP contribution is -2.66. The van der Waals surface area contributed by atoms with Gasteiger partial charge in [0.2, 0.25) is 5.95 Å². The molecule has 5 rings (SSSR count). The standard InChI is InChI=1S/C21H23ClN8O3/c1-11-14(15(18(23)31)26-27-17(11)22)24-13-6-4-5-12(16(13)32-3)19-25-20(29(2)28-19)30-7-21(8-30)9-33-10-21/h4-6H,7-10H2,1-3H3,(H2,23,31)(H,24,27)/i/hD. The maximum Gasteiger partial charge on any atom is 0.271 e. The van der Waals surface area contributed by atoms with Crippen molar-refractivity contribution in [1.29, 1.82) is 0 Å². The van der Waals surface area contributed by atoms with Gasteiger partial charge in [0.1, 0.15) is 0 Å². The summed E-state index contributed by atoms with van der Waals surface area (Å²) in [6.07, 6.45) is 0. The summed E-state index contributed by atoms with van der Waals surface area (Å²) in [5.74, 6) is 1.06. The van der Waals surface area contributed by atoms with Crippen LogP contribution < -0.4 is 20.7 Å². The normalized spacial score (nSPS) is 16.6. The van der Waals surface area contributed by atoms with Crippen molar-refractivity contribution in [2.24, 2.45) is 18.2 Å². The summed E-state index contributed by atoms with van der Waals surface area (Å²) in [7, 11) is 3.41. The fraction of sp³-hybridized carbons (Fsp3) is 0.381. The van der Waals surface area contributed by atoms with Crippen LogP contribution in [0.2, 0.25) is 6.56 Å². The van der Waals surface area contributed by atoms with E-state index < -0.39 is 5.91 Å². The van der Waals surface area contributed by atoms with Crippen LogP contribution in [-0.2, 0) is 11.8 Å². The highest BCUT2D eigenvalue weighted by Crippen LogP contribution is 2.42. The molecule has 0 aliphatic carbocycles. The van der Waals surface area contributed by atoms with Gasteiger partial charge in [-0.05, 0) is 19.1 Å². The molecule has 1 amide bonds. The number of nitrogens with two attached hydrogens (primary N) is 1. The fourth-order valence-electron chi connectivity index (χ4n) is 4.22. The van der Waals surface area contributed by atoms with E-state index in [0.29, 0.717) is 34.1 Å². The minimum atomic E-state index is -0.717. The monoisotopic (exact) mass is 471 g/mol. The van der Waals surface area contributed by atoms with Crippen LogP contribution in [0.3, 0.4) is 0 Å². The molecule has 4 heterocycles. The Balaban J connectivity index is 1.49. The van der Waals surface area contributed by atoms with E-state index in [4.69, 9.17) is 27.5 Å². The summed E-state index contributed by atoms with van der Waals surface area (Å²) < 4.78 is 20.0. The number of anilines is 3. The molecule has 11 nitrogen and oxygen atoms in total. The third kappa shape index (κ3) is 3.53. The second kappa shape index (κ2) is 7.85. The van der Waals surface area contributed by atoms with Gasteiger partial charge in [-0.3, -0.25) is 4.79 Å². The number of benzene rings is 1. The second-order valence-corrected chi connectivity index (χ2v) is 8.75. The number of nitrogens with zero attached hydrogens (tertiary/aromatic N) is 6. The molecule has 2 saturated heterocycles. The number of halogens is 1. The van der Waals surface area contributed by atoms with Gasteiger partial charge in [-0.25, -0.2) is 4.68 Å². The maximum atomic E-state index is 12.2. The number of hydrogen-bond donors (Lipinski definition) is 2. The number of nitrogens with one attached hydrogen (secondary N) is 1. The van der Waals surface area contributed by atoms with E-state index in [0.717, 1.165) is 32.3 Å². The summed E-state index contributed by atoms with van der Waals surface area (Å²) in [5, 5.41) is 15.6. The number of methoxy groups -OCH3 is 1. The van der Waals surface area contributed by atoms with Crippen LogP contribution in [0.4, 0.5) is 17.3 Å². The van der Waals surface area contributed by atoms with Crippen LogP contribution in [-0.4, -0.2) is 64.3 Å². The summed E-state index contributed by atoms with van der Waals surface area (Å²) >= 11 is 6.15. The van der Waals surface area contributed by atoms with Gasteiger partial charge in [-0.1, -0.05) is 17.7 Å². The van der Waals surface area contributed by atoms with Gasteiger partial charge in [-0.2, -0.15) is 4.98 Å². The summed E-state index contributed by atoms with van der Waals surface area (Å²) in [6.45, 7) is 5.09. The first-order valence-electron chi connectivity index (χ1n) is 10.8. The number of aromatic nitrogens is 5. The van der Waals surface area contributed by atoms with Crippen molar-refractivity contribution in [3.63, 3.8) is 0 Å². The van der Waals surface area contributed by atoms with Gasteiger partial charge in [0.15, 0.2) is 23.8 Å². The van der Waals surface area contributed by atoms with E-state index in [1.165, 1.54) is 0 Å².